The average molecular weight is 378 g/mol. The first kappa shape index (κ1) is 14.3. The molecule has 1 aromatic carbocycles. The number of likely N-dealkylation sites (N-methyl/N-ethyl adjacent to an activating group) is 1. The number of rotatable bonds is 1. The Kier molecular flexibility index (Phi) is 2.80. The molecule has 0 N–H and O–H groups in total. The van der Waals surface area contributed by atoms with Crippen LogP contribution in [0.3, 0.4) is 0 Å². The third-order valence-corrected chi connectivity index (χ3v) is 7.37. The summed E-state index contributed by atoms with van der Waals surface area (Å²) in [6, 6.07) is 2.51. The Hall–Kier alpha value is -1.07. The van der Waals surface area contributed by atoms with E-state index in [-0.39, 0.29) is 17.3 Å². The highest BCUT2D eigenvalue weighted by Crippen LogP contribution is 2.64. The van der Waals surface area contributed by atoms with Crippen molar-refractivity contribution >= 4 is 21.7 Å². The van der Waals surface area contributed by atoms with Gasteiger partial charge in [0.1, 0.15) is 0 Å². The van der Waals surface area contributed by atoms with E-state index in [1.807, 2.05) is 6.07 Å². The first-order valence-electron chi connectivity index (χ1n) is 8.37. The van der Waals surface area contributed by atoms with E-state index < -0.39 is 0 Å². The summed E-state index contributed by atoms with van der Waals surface area (Å²) in [6.07, 6.45) is 3.35. The smallest absolute Gasteiger partial charge is 0.174 e. The molecule has 122 valence electrons. The largest absolute Gasteiger partial charge is 0.493 e. The molecule has 4 aliphatic rings. The Morgan fingerprint density at radius 3 is 3.09 bits per heavy atom. The summed E-state index contributed by atoms with van der Waals surface area (Å²) in [5.74, 6) is 2.37. The highest BCUT2D eigenvalue weighted by atomic mass is 79.9. The standard InChI is InChI=1S/C18H20BrNO3/c1-20-6-5-18-10-3-4-13(21)17(18)23-16-14(22-2)8-11(19)9(15(16)18)7-12(10)20/h8,10,12,17H,3-7H2,1-2H3/t10-,12+,17?,18-/m0/s1. The maximum Gasteiger partial charge on any atom is 0.174 e. The first-order chi connectivity index (χ1) is 11.1. The number of nitrogens with zero attached hydrogens (tertiary/aromatic N) is 1. The van der Waals surface area contributed by atoms with Crippen LogP contribution in [0.15, 0.2) is 10.5 Å². The Labute approximate surface area is 144 Å². The van der Waals surface area contributed by atoms with Crippen LogP contribution in [-0.4, -0.2) is 43.5 Å². The zero-order valence-electron chi connectivity index (χ0n) is 13.4. The second-order valence-corrected chi connectivity index (χ2v) is 8.25. The predicted octanol–water partition coefficient (Wildman–Crippen LogP) is 2.70. The van der Waals surface area contributed by atoms with Gasteiger partial charge in [0.25, 0.3) is 0 Å². The van der Waals surface area contributed by atoms with E-state index >= 15 is 0 Å². The van der Waals surface area contributed by atoms with Crippen LogP contribution in [0.2, 0.25) is 0 Å². The van der Waals surface area contributed by atoms with Crippen LogP contribution in [0, 0.1) is 5.92 Å². The molecule has 2 heterocycles. The topological polar surface area (TPSA) is 38.8 Å². The van der Waals surface area contributed by atoms with Crippen molar-refractivity contribution in [1.29, 1.82) is 0 Å². The number of carbonyl (C=O) groups excluding carboxylic acids is 1. The number of halogens is 1. The molecule has 1 spiro atoms. The Morgan fingerprint density at radius 2 is 2.30 bits per heavy atom. The quantitative estimate of drug-likeness (QED) is 0.754. The lowest BCUT2D eigenvalue weighted by Gasteiger charge is -2.57. The molecule has 4 atom stereocenters. The number of Topliss-reactive ketones (excluding diaryl/α,β-unsaturated/α-hetero) is 1. The van der Waals surface area contributed by atoms with E-state index in [0.717, 1.165) is 41.8 Å². The molecule has 23 heavy (non-hydrogen) atoms. The van der Waals surface area contributed by atoms with E-state index in [9.17, 15) is 4.79 Å². The van der Waals surface area contributed by atoms with Crippen molar-refractivity contribution in [2.75, 3.05) is 20.7 Å². The number of ether oxygens (including phenoxy) is 2. The van der Waals surface area contributed by atoms with Crippen LogP contribution >= 0.6 is 15.9 Å². The lowest BCUT2D eigenvalue weighted by atomic mass is 9.52. The highest BCUT2D eigenvalue weighted by Gasteiger charge is 2.65. The van der Waals surface area contributed by atoms with Crippen LogP contribution in [0.4, 0.5) is 0 Å². The maximum atomic E-state index is 12.7. The van der Waals surface area contributed by atoms with Gasteiger partial charge >= 0.3 is 0 Å². The Bertz CT molecular complexity index is 733. The second-order valence-electron chi connectivity index (χ2n) is 7.40. The minimum atomic E-state index is -0.310. The van der Waals surface area contributed by atoms with Gasteiger partial charge in [-0.1, -0.05) is 15.9 Å². The molecule has 5 heteroatoms. The SMILES string of the molecule is COc1cc(Br)c2c3c1OC1C(=O)CC[C@H]4[C@@H](C2)N(C)CC[C@]314. The summed E-state index contributed by atoms with van der Waals surface area (Å²) < 4.78 is 13.0. The van der Waals surface area contributed by atoms with Gasteiger partial charge in [-0.3, -0.25) is 4.79 Å². The van der Waals surface area contributed by atoms with E-state index in [2.05, 4.69) is 27.9 Å². The van der Waals surface area contributed by atoms with Crippen molar-refractivity contribution in [2.24, 2.45) is 5.92 Å². The predicted molar refractivity (Wildman–Crippen MR) is 89.3 cm³/mol. The minimum absolute atomic E-state index is 0.132. The number of likely N-dealkylation sites (tertiary alicyclic amines) is 1. The molecule has 0 radical (unpaired) electrons. The molecule has 2 bridgehead atoms. The number of hydrogen-bond acceptors (Lipinski definition) is 4. The van der Waals surface area contributed by atoms with Gasteiger partial charge in [-0.05, 0) is 50.4 Å². The minimum Gasteiger partial charge on any atom is -0.493 e. The fourth-order valence-electron chi connectivity index (χ4n) is 5.70. The molecule has 1 unspecified atom stereocenters. The summed E-state index contributed by atoms with van der Waals surface area (Å²) in [6.45, 7) is 1.03. The zero-order valence-corrected chi connectivity index (χ0v) is 15.0. The molecule has 2 aliphatic carbocycles. The lowest BCUT2D eigenvalue weighted by Crippen LogP contribution is -2.65. The summed E-state index contributed by atoms with van der Waals surface area (Å²) in [4.78, 5) is 15.2. The van der Waals surface area contributed by atoms with Crippen LogP contribution in [0.25, 0.3) is 0 Å². The Balaban J connectivity index is 1.84. The average Bonchev–Trinajstić information content (AvgIpc) is 2.89. The molecular weight excluding hydrogens is 358 g/mol. The van der Waals surface area contributed by atoms with Gasteiger partial charge in [-0.15, -0.1) is 0 Å². The first-order valence-corrected chi connectivity index (χ1v) is 9.16. The lowest BCUT2D eigenvalue weighted by molar-refractivity contribution is -0.138. The van der Waals surface area contributed by atoms with Gasteiger partial charge in [0.15, 0.2) is 23.4 Å². The van der Waals surface area contributed by atoms with Crippen molar-refractivity contribution in [3.05, 3.63) is 21.7 Å². The van der Waals surface area contributed by atoms with Gasteiger partial charge in [-0.25, -0.2) is 0 Å². The van der Waals surface area contributed by atoms with Crippen molar-refractivity contribution in [2.45, 2.75) is 43.2 Å². The third kappa shape index (κ3) is 1.53. The van der Waals surface area contributed by atoms with E-state index in [0.29, 0.717) is 18.4 Å². The molecule has 0 amide bonds. The number of carbonyl (C=O) groups is 1. The Morgan fingerprint density at radius 1 is 1.48 bits per heavy atom. The number of ketones is 1. The van der Waals surface area contributed by atoms with Gasteiger partial charge in [0.05, 0.1) is 7.11 Å². The molecule has 5 rings (SSSR count). The monoisotopic (exact) mass is 377 g/mol. The molecule has 2 fully saturated rings. The van der Waals surface area contributed by atoms with Crippen LogP contribution < -0.4 is 9.47 Å². The summed E-state index contributed by atoms with van der Waals surface area (Å²) in [5, 5.41) is 0. The molecule has 0 aromatic heterocycles. The van der Waals surface area contributed by atoms with Gasteiger partial charge in [-0.2, -0.15) is 0 Å². The molecule has 2 aliphatic heterocycles. The number of benzene rings is 1. The summed E-state index contributed by atoms with van der Waals surface area (Å²) >= 11 is 3.74. The van der Waals surface area contributed by atoms with Crippen molar-refractivity contribution in [3.8, 4) is 11.5 Å². The number of piperidine rings is 1. The van der Waals surface area contributed by atoms with Crippen LogP contribution in [0.5, 0.6) is 11.5 Å². The van der Waals surface area contributed by atoms with E-state index in [1.165, 1.54) is 11.1 Å². The third-order valence-electron chi connectivity index (χ3n) is 6.67. The van der Waals surface area contributed by atoms with Crippen LogP contribution in [-0.2, 0) is 16.6 Å². The highest BCUT2D eigenvalue weighted by molar-refractivity contribution is 9.10. The van der Waals surface area contributed by atoms with E-state index in [4.69, 9.17) is 9.47 Å². The fraction of sp³-hybridized carbons (Fsp3) is 0.611. The zero-order chi connectivity index (χ0) is 15.9. The molecule has 1 aromatic rings. The van der Waals surface area contributed by atoms with E-state index in [1.54, 1.807) is 7.11 Å². The van der Waals surface area contributed by atoms with Crippen molar-refractivity contribution in [3.63, 3.8) is 0 Å². The molecule has 1 saturated heterocycles. The van der Waals surface area contributed by atoms with Gasteiger partial charge in [0, 0.05) is 27.9 Å². The normalized spacial score (nSPS) is 37.3. The van der Waals surface area contributed by atoms with Crippen molar-refractivity contribution in [1.82, 2.24) is 4.90 Å². The van der Waals surface area contributed by atoms with Crippen molar-refractivity contribution < 1.29 is 14.3 Å². The molecular formula is C18H20BrNO3. The molecule has 4 nitrogen and oxygen atoms in total. The van der Waals surface area contributed by atoms with Crippen LogP contribution in [0.1, 0.15) is 30.4 Å². The number of methoxy groups -OCH3 is 1. The maximum absolute atomic E-state index is 12.7. The van der Waals surface area contributed by atoms with Gasteiger partial charge < -0.3 is 14.4 Å². The van der Waals surface area contributed by atoms with Gasteiger partial charge in [0.2, 0.25) is 0 Å². The summed E-state index contributed by atoms with van der Waals surface area (Å²) in [7, 11) is 3.90. The molecule has 1 saturated carbocycles. The summed E-state index contributed by atoms with van der Waals surface area (Å²) in [5.41, 5.74) is 2.47. The second kappa shape index (κ2) is 4.51. The number of hydrogen-bond donors (Lipinski definition) is 0. The fourth-order valence-corrected chi connectivity index (χ4v) is 6.27.